The SMILES string of the molecule is C=C(CNC)C12CC3CC(CC(C3)C1)C2. The van der Waals surface area contributed by atoms with E-state index in [1.807, 2.05) is 7.05 Å². The van der Waals surface area contributed by atoms with Gasteiger partial charge in [-0.2, -0.15) is 0 Å². The Hall–Kier alpha value is -0.300. The molecule has 0 heterocycles. The quantitative estimate of drug-likeness (QED) is 0.698. The van der Waals surface area contributed by atoms with E-state index in [0.717, 1.165) is 24.3 Å². The molecule has 0 radical (unpaired) electrons. The van der Waals surface area contributed by atoms with E-state index in [1.54, 1.807) is 0 Å². The lowest BCUT2D eigenvalue weighted by Gasteiger charge is -2.57. The molecule has 0 aromatic rings. The molecule has 0 amide bonds. The third-order valence-corrected chi connectivity index (χ3v) is 5.18. The summed E-state index contributed by atoms with van der Waals surface area (Å²) in [5, 5.41) is 3.29. The van der Waals surface area contributed by atoms with Crippen LogP contribution in [0, 0.1) is 23.2 Å². The van der Waals surface area contributed by atoms with E-state index in [4.69, 9.17) is 0 Å². The molecule has 0 atom stereocenters. The molecule has 4 rings (SSSR count). The Morgan fingerprint density at radius 1 is 1.13 bits per heavy atom. The highest BCUT2D eigenvalue weighted by Gasteiger charge is 2.51. The molecule has 1 heteroatoms. The Balaban J connectivity index is 1.83. The maximum absolute atomic E-state index is 4.37. The summed E-state index contributed by atoms with van der Waals surface area (Å²) in [6, 6.07) is 0. The number of likely N-dealkylation sites (N-methyl/N-ethyl adjacent to an activating group) is 1. The molecule has 4 fully saturated rings. The highest BCUT2D eigenvalue weighted by atomic mass is 14.8. The molecule has 0 aliphatic heterocycles. The zero-order valence-electron chi connectivity index (χ0n) is 9.89. The van der Waals surface area contributed by atoms with Crippen molar-refractivity contribution in [3.05, 3.63) is 12.2 Å². The molecular weight excluding hydrogens is 182 g/mol. The predicted molar refractivity (Wildman–Crippen MR) is 63.7 cm³/mol. The Kier molecular flexibility index (Phi) is 2.21. The van der Waals surface area contributed by atoms with Crippen molar-refractivity contribution in [2.24, 2.45) is 23.2 Å². The van der Waals surface area contributed by atoms with Gasteiger partial charge in [0.25, 0.3) is 0 Å². The first-order chi connectivity index (χ1) is 7.22. The molecule has 4 aliphatic carbocycles. The summed E-state index contributed by atoms with van der Waals surface area (Å²) in [6.45, 7) is 5.41. The van der Waals surface area contributed by atoms with Crippen LogP contribution in [-0.2, 0) is 0 Å². The van der Waals surface area contributed by atoms with E-state index < -0.39 is 0 Å². The van der Waals surface area contributed by atoms with Crippen molar-refractivity contribution in [1.82, 2.24) is 5.32 Å². The first kappa shape index (κ1) is 9.89. The largest absolute Gasteiger partial charge is 0.316 e. The van der Waals surface area contributed by atoms with Crippen molar-refractivity contribution in [3.8, 4) is 0 Å². The molecule has 0 unspecified atom stereocenters. The smallest absolute Gasteiger partial charge is 0.0164 e. The van der Waals surface area contributed by atoms with Crippen LogP contribution < -0.4 is 5.32 Å². The van der Waals surface area contributed by atoms with Gasteiger partial charge in [0, 0.05) is 6.54 Å². The standard InChI is InChI=1S/C14H23N/c1-10(9-15-2)14-6-11-3-12(7-14)5-13(4-11)8-14/h11-13,15H,1,3-9H2,2H3. The van der Waals surface area contributed by atoms with Crippen LogP contribution in [-0.4, -0.2) is 13.6 Å². The van der Waals surface area contributed by atoms with Crippen molar-refractivity contribution in [2.45, 2.75) is 38.5 Å². The van der Waals surface area contributed by atoms with Gasteiger partial charge in [0.1, 0.15) is 0 Å². The molecule has 84 valence electrons. The molecule has 1 N–H and O–H groups in total. The summed E-state index contributed by atoms with van der Waals surface area (Å²) in [7, 11) is 2.05. The topological polar surface area (TPSA) is 12.0 Å². The van der Waals surface area contributed by atoms with E-state index in [0.29, 0.717) is 5.41 Å². The van der Waals surface area contributed by atoms with Gasteiger partial charge in [0.2, 0.25) is 0 Å². The van der Waals surface area contributed by atoms with E-state index in [-0.39, 0.29) is 0 Å². The Labute approximate surface area is 93.3 Å². The zero-order chi connectivity index (χ0) is 10.5. The minimum Gasteiger partial charge on any atom is -0.316 e. The van der Waals surface area contributed by atoms with Gasteiger partial charge in [-0.05, 0) is 68.7 Å². The third kappa shape index (κ3) is 1.47. The number of nitrogens with one attached hydrogen (secondary N) is 1. The molecule has 4 aliphatic rings. The van der Waals surface area contributed by atoms with Crippen molar-refractivity contribution in [3.63, 3.8) is 0 Å². The van der Waals surface area contributed by atoms with Crippen LogP contribution >= 0.6 is 0 Å². The first-order valence-corrected chi connectivity index (χ1v) is 6.55. The molecule has 0 saturated heterocycles. The predicted octanol–water partition coefficient (Wildman–Crippen LogP) is 2.98. The summed E-state index contributed by atoms with van der Waals surface area (Å²) in [4.78, 5) is 0. The highest BCUT2D eigenvalue weighted by Crippen LogP contribution is 2.62. The normalized spacial score (nSPS) is 47.1. The number of hydrogen-bond donors (Lipinski definition) is 1. The van der Waals surface area contributed by atoms with Crippen LogP contribution in [0.15, 0.2) is 12.2 Å². The molecule has 0 spiro atoms. The first-order valence-electron chi connectivity index (χ1n) is 6.55. The van der Waals surface area contributed by atoms with Crippen molar-refractivity contribution >= 4 is 0 Å². The van der Waals surface area contributed by atoms with Crippen molar-refractivity contribution in [2.75, 3.05) is 13.6 Å². The van der Waals surface area contributed by atoms with Crippen molar-refractivity contribution < 1.29 is 0 Å². The van der Waals surface area contributed by atoms with E-state index in [9.17, 15) is 0 Å². The van der Waals surface area contributed by atoms with Crippen LogP contribution in [0.1, 0.15) is 38.5 Å². The fourth-order valence-electron chi connectivity index (χ4n) is 4.94. The average Bonchev–Trinajstić information content (AvgIpc) is 2.15. The van der Waals surface area contributed by atoms with Gasteiger partial charge in [-0.1, -0.05) is 12.2 Å². The fraction of sp³-hybridized carbons (Fsp3) is 0.857. The molecule has 4 saturated carbocycles. The lowest BCUT2D eigenvalue weighted by Crippen LogP contribution is -2.47. The lowest BCUT2D eigenvalue weighted by molar-refractivity contribution is -0.0311. The maximum Gasteiger partial charge on any atom is 0.0164 e. The minimum atomic E-state index is 0.553. The Morgan fingerprint density at radius 2 is 1.60 bits per heavy atom. The van der Waals surface area contributed by atoms with Crippen LogP contribution in [0.4, 0.5) is 0 Å². The Bertz CT molecular complexity index is 244. The summed E-state index contributed by atoms with van der Waals surface area (Å²) < 4.78 is 0. The van der Waals surface area contributed by atoms with Crippen molar-refractivity contribution in [1.29, 1.82) is 0 Å². The summed E-state index contributed by atoms with van der Waals surface area (Å²) in [5.41, 5.74) is 2.06. The van der Waals surface area contributed by atoms with Gasteiger partial charge >= 0.3 is 0 Å². The second-order valence-electron chi connectivity index (χ2n) is 6.33. The third-order valence-electron chi connectivity index (χ3n) is 5.18. The fourth-order valence-corrected chi connectivity index (χ4v) is 4.94. The second kappa shape index (κ2) is 3.35. The van der Waals surface area contributed by atoms with E-state index in [2.05, 4.69) is 11.9 Å². The zero-order valence-corrected chi connectivity index (χ0v) is 9.89. The molecule has 0 aromatic carbocycles. The van der Waals surface area contributed by atoms with Gasteiger partial charge in [0.05, 0.1) is 0 Å². The number of hydrogen-bond acceptors (Lipinski definition) is 1. The molecule has 0 aromatic heterocycles. The van der Waals surface area contributed by atoms with Gasteiger partial charge in [-0.25, -0.2) is 0 Å². The molecular formula is C14H23N. The minimum absolute atomic E-state index is 0.553. The summed E-state index contributed by atoms with van der Waals surface area (Å²) in [5.74, 6) is 3.14. The van der Waals surface area contributed by atoms with Crippen LogP contribution in [0.5, 0.6) is 0 Å². The lowest BCUT2D eigenvalue weighted by atomic mass is 9.48. The summed E-state index contributed by atoms with van der Waals surface area (Å²) in [6.07, 6.45) is 8.97. The highest BCUT2D eigenvalue weighted by molar-refractivity contribution is 5.19. The number of rotatable bonds is 3. The van der Waals surface area contributed by atoms with Gasteiger partial charge in [0.15, 0.2) is 0 Å². The van der Waals surface area contributed by atoms with Gasteiger partial charge < -0.3 is 5.32 Å². The van der Waals surface area contributed by atoms with E-state index in [1.165, 1.54) is 44.1 Å². The van der Waals surface area contributed by atoms with Crippen LogP contribution in [0.2, 0.25) is 0 Å². The van der Waals surface area contributed by atoms with Gasteiger partial charge in [-0.3, -0.25) is 0 Å². The molecule has 15 heavy (non-hydrogen) atoms. The van der Waals surface area contributed by atoms with Crippen LogP contribution in [0.3, 0.4) is 0 Å². The van der Waals surface area contributed by atoms with E-state index >= 15 is 0 Å². The average molecular weight is 205 g/mol. The molecule has 4 bridgehead atoms. The van der Waals surface area contributed by atoms with Crippen LogP contribution in [0.25, 0.3) is 0 Å². The summed E-state index contributed by atoms with van der Waals surface area (Å²) >= 11 is 0. The second-order valence-corrected chi connectivity index (χ2v) is 6.33. The van der Waals surface area contributed by atoms with Gasteiger partial charge in [-0.15, -0.1) is 0 Å². The molecule has 1 nitrogen and oxygen atoms in total. The Morgan fingerprint density at radius 3 is 2.00 bits per heavy atom. The maximum atomic E-state index is 4.37. The monoisotopic (exact) mass is 205 g/mol.